The first kappa shape index (κ1) is 12.1. The van der Waals surface area contributed by atoms with Crippen LogP contribution in [0.1, 0.15) is 34.1 Å². The minimum Gasteiger partial charge on any atom is -0.403 e. The molecule has 0 aromatic rings. The van der Waals surface area contributed by atoms with Crippen molar-refractivity contribution in [2.24, 2.45) is 0 Å². The zero-order chi connectivity index (χ0) is 12.0. The number of hydrogen-bond acceptors (Lipinski definition) is 4. The van der Waals surface area contributed by atoms with Crippen molar-refractivity contribution >= 4 is 12.9 Å². The fraction of sp³-hybridized carbons (Fsp3) is 0.909. The van der Waals surface area contributed by atoms with Crippen molar-refractivity contribution in [3.63, 3.8) is 0 Å². The van der Waals surface area contributed by atoms with Crippen LogP contribution in [-0.4, -0.2) is 37.3 Å². The Labute approximate surface area is 96.8 Å². The molecule has 1 unspecified atom stereocenters. The molecule has 90 valence electrons. The van der Waals surface area contributed by atoms with Crippen molar-refractivity contribution in [1.82, 2.24) is 0 Å². The molecule has 16 heavy (non-hydrogen) atoms. The summed E-state index contributed by atoms with van der Waals surface area (Å²) >= 11 is 0. The normalized spacial score (nSPS) is 33.1. The molecule has 0 amide bonds. The molecule has 1 atom stereocenters. The summed E-state index contributed by atoms with van der Waals surface area (Å²) < 4.78 is 17.0. The Balaban J connectivity index is 2.10. The Morgan fingerprint density at radius 3 is 2.25 bits per heavy atom. The summed E-state index contributed by atoms with van der Waals surface area (Å²) in [6, 6.07) is 0. The lowest BCUT2D eigenvalue weighted by Gasteiger charge is -2.32. The monoisotopic (exact) mass is 226 g/mol. The third-order valence-electron chi connectivity index (χ3n) is 3.80. The molecule has 4 nitrogen and oxygen atoms in total. The Morgan fingerprint density at radius 1 is 1.19 bits per heavy atom. The van der Waals surface area contributed by atoms with Crippen molar-refractivity contribution in [1.29, 1.82) is 0 Å². The van der Waals surface area contributed by atoms with Gasteiger partial charge in [0.1, 0.15) is 5.78 Å². The first-order valence-corrected chi connectivity index (χ1v) is 5.79. The highest BCUT2D eigenvalue weighted by molar-refractivity contribution is 6.53. The number of ether oxygens (including phenoxy) is 1. The molecule has 0 bridgehead atoms. The van der Waals surface area contributed by atoms with Gasteiger partial charge in [-0.05, 0) is 27.7 Å². The first-order chi connectivity index (χ1) is 7.33. The van der Waals surface area contributed by atoms with Crippen LogP contribution < -0.4 is 0 Å². The van der Waals surface area contributed by atoms with Crippen LogP contribution in [0.5, 0.6) is 0 Å². The number of carbonyl (C=O) groups excluding carboxylic acids is 1. The molecule has 2 fully saturated rings. The van der Waals surface area contributed by atoms with Gasteiger partial charge in [0.2, 0.25) is 0 Å². The van der Waals surface area contributed by atoms with E-state index < -0.39 is 7.12 Å². The van der Waals surface area contributed by atoms with Gasteiger partial charge in [0, 0.05) is 6.42 Å². The Bertz CT molecular complexity index is 284. The topological polar surface area (TPSA) is 44.8 Å². The molecule has 0 saturated carbocycles. The smallest absolute Gasteiger partial charge is 0.403 e. The fourth-order valence-electron chi connectivity index (χ4n) is 1.94. The van der Waals surface area contributed by atoms with Gasteiger partial charge in [-0.25, -0.2) is 0 Å². The maximum absolute atomic E-state index is 11.8. The van der Waals surface area contributed by atoms with Crippen molar-refractivity contribution < 1.29 is 18.8 Å². The predicted molar refractivity (Wildman–Crippen MR) is 60.3 cm³/mol. The van der Waals surface area contributed by atoms with Crippen molar-refractivity contribution in [3.8, 4) is 0 Å². The van der Waals surface area contributed by atoms with Gasteiger partial charge >= 0.3 is 7.12 Å². The number of hydrogen-bond donors (Lipinski definition) is 0. The van der Waals surface area contributed by atoms with Crippen LogP contribution >= 0.6 is 0 Å². The van der Waals surface area contributed by atoms with E-state index in [9.17, 15) is 4.79 Å². The van der Waals surface area contributed by atoms with E-state index in [4.69, 9.17) is 14.0 Å². The van der Waals surface area contributed by atoms with Gasteiger partial charge in [-0.1, -0.05) is 0 Å². The Morgan fingerprint density at radius 2 is 1.75 bits per heavy atom. The highest BCUT2D eigenvalue weighted by atomic mass is 16.7. The third kappa shape index (κ3) is 1.92. The van der Waals surface area contributed by atoms with Gasteiger partial charge in [-0.3, -0.25) is 4.79 Å². The van der Waals surface area contributed by atoms with E-state index in [1.54, 1.807) is 0 Å². The minimum atomic E-state index is -0.460. The van der Waals surface area contributed by atoms with Crippen LogP contribution in [0.3, 0.4) is 0 Å². The first-order valence-electron chi connectivity index (χ1n) is 5.79. The summed E-state index contributed by atoms with van der Waals surface area (Å²) in [7, 11) is -0.460. The second-order valence-electron chi connectivity index (χ2n) is 5.52. The molecule has 0 N–H and O–H groups in total. The molecular formula is C11H19BO4. The highest BCUT2D eigenvalue weighted by Crippen LogP contribution is 2.40. The predicted octanol–water partition coefficient (Wildman–Crippen LogP) is 1.44. The quantitative estimate of drug-likeness (QED) is 0.634. The van der Waals surface area contributed by atoms with E-state index >= 15 is 0 Å². The van der Waals surface area contributed by atoms with E-state index in [0.717, 1.165) is 0 Å². The van der Waals surface area contributed by atoms with Gasteiger partial charge in [0.05, 0.1) is 30.2 Å². The maximum atomic E-state index is 11.8. The summed E-state index contributed by atoms with van der Waals surface area (Å²) in [5.41, 5.74) is -0.759. The van der Waals surface area contributed by atoms with E-state index in [2.05, 4.69) is 0 Å². The van der Waals surface area contributed by atoms with Crippen LogP contribution in [0.2, 0.25) is 5.82 Å². The molecule has 2 heterocycles. The summed E-state index contributed by atoms with van der Waals surface area (Å²) in [5.74, 6) is -0.0837. The fourth-order valence-corrected chi connectivity index (χ4v) is 1.94. The Hall–Kier alpha value is -0.385. The summed E-state index contributed by atoms with van der Waals surface area (Å²) in [4.78, 5) is 11.8. The number of rotatable bonds is 1. The average Bonchev–Trinajstić information content (AvgIpc) is 2.36. The molecule has 0 spiro atoms. The SMILES string of the molecule is CC1(C)OB(C2COCCC2=O)OC1(C)C. The number of ketones is 1. The van der Waals surface area contributed by atoms with E-state index in [1.165, 1.54) is 0 Å². The maximum Gasteiger partial charge on any atom is 0.471 e. The molecule has 0 radical (unpaired) electrons. The molecule has 0 aromatic carbocycles. The molecule has 0 aliphatic carbocycles. The van der Waals surface area contributed by atoms with Crippen molar-refractivity contribution in [3.05, 3.63) is 0 Å². The van der Waals surface area contributed by atoms with E-state index in [-0.39, 0.29) is 22.8 Å². The zero-order valence-corrected chi connectivity index (χ0v) is 10.4. The van der Waals surface area contributed by atoms with Crippen LogP contribution in [0.25, 0.3) is 0 Å². The molecule has 2 saturated heterocycles. The van der Waals surface area contributed by atoms with Gasteiger partial charge in [-0.15, -0.1) is 0 Å². The van der Waals surface area contributed by atoms with Gasteiger partial charge < -0.3 is 14.0 Å². The van der Waals surface area contributed by atoms with Crippen LogP contribution in [-0.2, 0) is 18.8 Å². The van der Waals surface area contributed by atoms with Gasteiger partial charge in [-0.2, -0.15) is 0 Å². The molecule has 2 aliphatic heterocycles. The van der Waals surface area contributed by atoms with Crippen molar-refractivity contribution in [2.75, 3.05) is 13.2 Å². The molecule has 2 rings (SSSR count). The summed E-state index contributed by atoms with van der Waals surface area (Å²) in [6.07, 6.45) is 0.467. The minimum absolute atomic E-state index is 0.185. The molecule has 5 heteroatoms. The average molecular weight is 226 g/mol. The third-order valence-corrected chi connectivity index (χ3v) is 3.80. The van der Waals surface area contributed by atoms with Crippen LogP contribution in [0, 0.1) is 0 Å². The van der Waals surface area contributed by atoms with Crippen molar-refractivity contribution in [2.45, 2.75) is 51.1 Å². The van der Waals surface area contributed by atoms with Crippen LogP contribution in [0.4, 0.5) is 0 Å². The molecule has 0 aromatic heterocycles. The lowest BCUT2D eigenvalue weighted by Crippen LogP contribution is -2.41. The number of carbonyl (C=O) groups is 1. The summed E-state index contributed by atoms with van der Waals surface area (Å²) in [6.45, 7) is 8.88. The van der Waals surface area contributed by atoms with Gasteiger partial charge in [0.15, 0.2) is 0 Å². The summed E-state index contributed by atoms with van der Waals surface area (Å²) in [5, 5.41) is 0. The zero-order valence-electron chi connectivity index (χ0n) is 10.4. The molecular weight excluding hydrogens is 207 g/mol. The number of Topliss-reactive ketones (excluding diaryl/α,β-unsaturated/α-hetero) is 1. The second kappa shape index (κ2) is 3.82. The largest absolute Gasteiger partial charge is 0.471 e. The van der Waals surface area contributed by atoms with Gasteiger partial charge in [0.25, 0.3) is 0 Å². The van der Waals surface area contributed by atoms with E-state index in [0.29, 0.717) is 19.6 Å². The Kier molecular flexibility index (Phi) is 2.89. The standard InChI is InChI=1S/C11H19BO4/c1-10(2)11(3,4)16-12(15-10)8-7-14-6-5-9(8)13/h8H,5-7H2,1-4H3. The lowest BCUT2D eigenvalue weighted by molar-refractivity contribution is -0.125. The van der Waals surface area contributed by atoms with E-state index in [1.807, 2.05) is 27.7 Å². The second-order valence-corrected chi connectivity index (χ2v) is 5.52. The van der Waals surface area contributed by atoms with Crippen LogP contribution in [0.15, 0.2) is 0 Å². The highest BCUT2D eigenvalue weighted by Gasteiger charge is 2.55. The molecule has 2 aliphatic rings. The lowest BCUT2D eigenvalue weighted by atomic mass is 9.68.